The topological polar surface area (TPSA) is 6.48 Å². The number of halogens is 1. The third-order valence-electron chi connectivity index (χ3n) is 4.67. The van der Waals surface area contributed by atoms with Crippen LogP contribution in [-0.2, 0) is 6.42 Å². The lowest BCUT2D eigenvalue weighted by atomic mass is 10.1. The Hall–Kier alpha value is -0.570. The summed E-state index contributed by atoms with van der Waals surface area (Å²) in [5.74, 6) is 0. The Kier molecular flexibility index (Phi) is 4.11. The van der Waals surface area contributed by atoms with Crippen LogP contribution in [0.5, 0.6) is 0 Å². The van der Waals surface area contributed by atoms with Gasteiger partial charge in [0.25, 0.3) is 0 Å². The normalized spacial score (nSPS) is 28.5. The molecule has 0 saturated carbocycles. The molecule has 0 aliphatic carbocycles. The second-order valence-electron chi connectivity index (χ2n) is 6.01. The van der Waals surface area contributed by atoms with E-state index in [2.05, 4.69) is 28.9 Å². The third kappa shape index (κ3) is 3.13. The van der Waals surface area contributed by atoms with Crippen molar-refractivity contribution in [2.75, 3.05) is 26.2 Å². The molecule has 0 bridgehead atoms. The van der Waals surface area contributed by atoms with Gasteiger partial charge in [0.05, 0.1) is 0 Å². The molecule has 19 heavy (non-hydrogen) atoms. The molecule has 0 radical (unpaired) electrons. The Labute approximate surface area is 121 Å². The average molecular weight is 279 g/mol. The van der Waals surface area contributed by atoms with Crippen molar-refractivity contribution in [2.24, 2.45) is 0 Å². The zero-order valence-electron chi connectivity index (χ0n) is 11.7. The molecule has 104 valence electrons. The van der Waals surface area contributed by atoms with Gasteiger partial charge in [0, 0.05) is 36.7 Å². The van der Waals surface area contributed by atoms with Crippen LogP contribution in [0.15, 0.2) is 24.3 Å². The van der Waals surface area contributed by atoms with Crippen LogP contribution < -0.4 is 0 Å². The smallest absolute Gasteiger partial charge is 0.0406 e. The highest BCUT2D eigenvalue weighted by atomic mass is 35.5. The van der Waals surface area contributed by atoms with Crippen molar-refractivity contribution in [2.45, 2.75) is 38.3 Å². The van der Waals surface area contributed by atoms with E-state index >= 15 is 0 Å². The molecule has 0 amide bonds. The lowest BCUT2D eigenvalue weighted by Crippen LogP contribution is -2.55. The van der Waals surface area contributed by atoms with Crippen LogP contribution in [0.4, 0.5) is 0 Å². The van der Waals surface area contributed by atoms with Crippen molar-refractivity contribution in [3.63, 3.8) is 0 Å². The van der Waals surface area contributed by atoms with Gasteiger partial charge in [0.2, 0.25) is 0 Å². The minimum atomic E-state index is 0.696. The first-order valence-corrected chi connectivity index (χ1v) is 7.83. The molecular formula is C16H23ClN2. The van der Waals surface area contributed by atoms with Gasteiger partial charge in [-0.2, -0.15) is 0 Å². The first kappa shape index (κ1) is 13.4. The first-order valence-electron chi connectivity index (χ1n) is 7.45. The fraction of sp³-hybridized carbons (Fsp3) is 0.625. The fourth-order valence-electron chi connectivity index (χ4n) is 3.48. The third-order valence-corrected chi connectivity index (χ3v) is 4.92. The van der Waals surface area contributed by atoms with Gasteiger partial charge >= 0.3 is 0 Å². The molecule has 2 nitrogen and oxygen atoms in total. The van der Waals surface area contributed by atoms with Crippen molar-refractivity contribution >= 4 is 11.6 Å². The van der Waals surface area contributed by atoms with Crippen LogP contribution in [0.2, 0.25) is 5.02 Å². The van der Waals surface area contributed by atoms with Crippen molar-refractivity contribution in [1.29, 1.82) is 0 Å². The Bertz CT molecular complexity index is 417. The fourth-order valence-corrected chi connectivity index (χ4v) is 3.61. The lowest BCUT2D eigenvalue weighted by Gasteiger charge is -2.42. The number of fused-ring (bicyclic) bond motifs is 1. The molecule has 2 heterocycles. The van der Waals surface area contributed by atoms with Crippen LogP contribution in [0.1, 0.15) is 25.3 Å². The van der Waals surface area contributed by atoms with E-state index in [-0.39, 0.29) is 0 Å². The van der Waals surface area contributed by atoms with Crippen molar-refractivity contribution in [3.8, 4) is 0 Å². The van der Waals surface area contributed by atoms with E-state index in [1.54, 1.807) is 0 Å². The van der Waals surface area contributed by atoms with Gasteiger partial charge in [-0.25, -0.2) is 0 Å². The summed E-state index contributed by atoms with van der Waals surface area (Å²) in [5.41, 5.74) is 1.39. The number of rotatable bonds is 3. The summed E-state index contributed by atoms with van der Waals surface area (Å²) in [6.45, 7) is 7.38. The first-order chi connectivity index (χ1) is 9.22. The number of nitrogens with zero attached hydrogens (tertiary/aromatic N) is 2. The maximum absolute atomic E-state index is 5.93. The molecule has 3 rings (SSSR count). The highest BCUT2D eigenvalue weighted by Crippen LogP contribution is 2.24. The van der Waals surface area contributed by atoms with Crippen LogP contribution in [0, 0.1) is 0 Å². The molecule has 3 heteroatoms. The minimum absolute atomic E-state index is 0.696. The minimum Gasteiger partial charge on any atom is -0.298 e. The van der Waals surface area contributed by atoms with Gasteiger partial charge < -0.3 is 0 Å². The SMILES string of the molecule is CC1CN2CCCC2CN1CCc1ccc(Cl)cc1. The molecule has 2 unspecified atom stereocenters. The quantitative estimate of drug-likeness (QED) is 0.839. The zero-order valence-corrected chi connectivity index (χ0v) is 12.4. The van der Waals surface area contributed by atoms with E-state index in [0.29, 0.717) is 6.04 Å². The molecule has 1 aromatic carbocycles. The number of benzene rings is 1. The molecule has 0 spiro atoms. The maximum atomic E-state index is 5.93. The van der Waals surface area contributed by atoms with Crippen LogP contribution in [0.3, 0.4) is 0 Å². The molecule has 1 aromatic rings. The second kappa shape index (κ2) is 5.82. The summed E-state index contributed by atoms with van der Waals surface area (Å²) in [5, 5.41) is 0.830. The van der Waals surface area contributed by atoms with Gasteiger partial charge in [0.1, 0.15) is 0 Å². The summed E-state index contributed by atoms with van der Waals surface area (Å²) in [4.78, 5) is 5.35. The standard InChI is InChI=1S/C16H23ClN2/c1-13-11-19-9-2-3-16(19)12-18(13)10-8-14-4-6-15(17)7-5-14/h4-7,13,16H,2-3,8-12H2,1H3. The van der Waals surface area contributed by atoms with E-state index < -0.39 is 0 Å². The van der Waals surface area contributed by atoms with E-state index in [1.807, 2.05) is 12.1 Å². The summed E-state index contributed by atoms with van der Waals surface area (Å²) in [7, 11) is 0. The second-order valence-corrected chi connectivity index (χ2v) is 6.45. The molecule has 2 atom stereocenters. The zero-order chi connectivity index (χ0) is 13.2. The molecule has 2 fully saturated rings. The lowest BCUT2D eigenvalue weighted by molar-refractivity contribution is 0.0605. The summed E-state index contributed by atoms with van der Waals surface area (Å²) >= 11 is 5.93. The molecule has 0 aromatic heterocycles. The van der Waals surface area contributed by atoms with Gasteiger partial charge in [-0.15, -0.1) is 0 Å². The van der Waals surface area contributed by atoms with Crippen molar-refractivity contribution in [1.82, 2.24) is 9.80 Å². The largest absolute Gasteiger partial charge is 0.298 e. The monoisotopic (exact) mass is 278 g/mol. The summed E-state index contributed by atoms with van der Waals surface area (Å²) < 4.78 is 0. The van der Waals surface area contributed by atoms with Gasteiger partial charge in [0.15, 0.2) is 0 Å². The predicted octanol–water partition coefficient (Wildman–Crippen LogP) is 3.05. The van der Waals surface area contributed by atoms with E-state index in [1.165, 1.54) is 44.6 Å². The molecular weight excluding hydrogens is 256 g/mol. The maximum Gasteiger partial charge on any atom is 0.0406 e. The Balaban J connectivity index is 1.55. The predicted molar refractivity (Wildman–Crippen MR) is 80.8 cm³/mol. The van der Waals surface area contributed by atoms with Crippen LogP contribution >= 0.6 is 11.6 Å². The Morgan fingerprint density at radius 1 is 1.21 bits per heavy atom. The van der Waals surface area contributed by atoms with Crippen LogP contribution in [-0.4, -0.2) is 48.1 Å². The number of hydrogen-bond acceptors (Lipinski definition) is 2. The van der Waals surface area contributed by atoms with Gasteiger partial charge in [-0.3, -0.25) is 9.80 Å². The molecule has 0 N–H and O–H groups in total. The highest BCUT2D eigenvalue weighted by molar-refractivity contribution is 6.30. The van der Waals surface area contributed by atoms with Crippen molar-refractivity contribution in [3.05, 3.63) is 34.9 Å². The van der Waals surface area contributed by atoms with E-state index in [4.69, 9.17) is 11.6 Å². The van der Waals surface area contributed by atoms with E-state index in [9.17, 15) is 0 Å². The van der Waals surface area contributed by atoms with Crippen LogP contribution in [0.25, 0.3) is 0 Å². The van der Waals surface area contributed by atoms with E-state index in [0.717, 1.165) is 17.5 Å². The Morgan fingerprint density at radius 2 is 2.00 bits per heavy atom. The Morgan fingerprint density at radius 3 is 2.79 bits per heavy atom. The molecule has 2 aliphatic heterocycles. The van der Waals surface area contributed by atoms with Crippen molar-refractivity contribution < 1.29 is 0 Å². The molecule has 2 saturated heterocycles. The van der Waals surface area contributed by atoms with Gasteiger partial charge in [-0.05, 0) is 50.4 Å². The summed E-state index contributed by atoms with van der Waals surface area (Å²) in [6, 6.07) is 9.81. The number of piperazine rings is 1. The van der Waals surface area contributed by atoms with Gasteiger partial charge in [-0.1, -0.05) is 23.7 Å². The summed E-state index contributed by atoms with van der Waals surface area (Å²) in [6.07, 6.45) is 3.92. The molecule has 2 aliphatic rings. The highest BCUT2D eigenvalue weighted by Gasteiger charge is 2.33. The number of hydrogen-bond donors (Lipinski definition) is 0. The average Bonchev–Trinajstić information content (AvgIpc) is 2.85.